The number of benzene rings is 3. The first-order chi connectivity index (χ1) is 15.0. The van der Waals surface area contributed by atoms with Crippen LogP contribution in [0, 0.1) is 10.5 Å². The molecule has 3 aromatic carbocycles. The van der Waals surface area contributed by atoms with Gasteiger partial charge in [-0.15, -0.1) is 11.8 Å². The summed E-state index contributed by atoms with van der Waals surface area (Å²) in [5.74, 6) is 1.87. The first kappa shape index (κ1) is 22.3. The molecular formula is C24H21ClINO3S. The molecule has 0 N–H and O–H groups in total. The van der Waals surface area contributed by atoms with Gasteiger partial charge in [0.2, 0.25) is 5.91 Å². The summed E-state index contributed by atoms with van der Waals surface area (Å²) in [6.45, 7) is 2.52. The zero-order chi connectivity index (χ0) is 22.0. The number of hydrogen-bond donors (Lipinski definition) is 0. The summed E-state index contributed by atoms with van der Waals surface area (Å²) >= 11 is 9.89. The van der Waals surface area contributed by atoms with Crippen LogP contribution in [-0.2, 0) is 11.4 Å². The number of carbonyl (C=O) groups excluding carboxylic acids is 1. The molecule has 7 heteroatoms. The second-order valence-corrected chi connectivity index (χ2v) is 9.88. The van der Waals surface area contributed by atoms with Crippen molar-refractivity contribution in [2.24, 2.45) is 0 Å². The monoisotopic (exact) mass is 565 g/mol. The number of anilines is 1. The molecule has 4 nitrogen and oxygen atoms in total. The van der Waals surface area contributed by atoms with Crippen molar-refractivity contribution in [3.63, 3.8) is 0 Å². The SMILES string of the molecule is COc1cc([C@@H]2SCC(=O)N2c2ccc(Cl)cc2)cc(I)c1OCc1ccc(C)cc1. The lowest BCUT2D eigenvalue weighted by molar-refractivity contribution is -0.115. The summed E-state index contributed by atoms with van der Waals surface area (Å²) in [5, 5.41) is 0.508. The molecule has 4 rings (SSSR count). The highest BCUT2D eigenvalue weighted by atomic mass is 127. The minimum absolute atomic E-state index is 0.0750. The van der Waals surface area contributed by atoms with Crippen molar-refractivity contribution in [3.05, 3.63) is 85.9 Å². The van der Waals surface area contributed by atoms with E-state index in [1.54, 1.807) is 31.0 Å². The van der Waals surface area contributed by atoms with Gasteiger partial charge in [0, 0.05) is 10.7 Å². The van der Waals surface area contributed by atoms with Gasteiger partial charge in [-0.05, 0) is 77.0 Å². The lowest BCUT2D eigenvalue weighted by Crippen LogP contribution is -2.27. The molecule has 0 spiro atoms. The van der Waals surface area contributed by atoms with E-state index in [-0.39, 0.29) is 11.3 Å². The van der Waals surface area contributed by atoms with Crippen molar-refractivity contribution in [2.45, 2.75) is 18.9 Å². The number of ether oxygens (including phenoxy) is 2. The number of amides is 1. The summed E-state index contributed by atoms with van der Waals surface area (Å²) in [4.78, 5) is 14.5. The first-order valence-corrected chi connectivity index (χ1v) is 12.2. The predicted octanol–water partition coefficient (Wildman–Crippen LogP) is 6.62. The van der Waals surface area contributed by atoms with Crippen LogP contribution in [0.4, 0.5) is 5.69 Å². The minimum Gasteiger partial charge on any atom is -0.493 e. The Morgan fingerprint density at radius 2 is 1.84 bits per heavy atom. The van der Waals surface area contributed by atoms with E-state index < -0.39 is 0 Å². The molecular weight excluding hydrogens is 545 g/mol. The van der Waals surface area contributed by atoms with Crippen LogP contribution in [0.2, 0.25) is 5.02 Å². The Morgan fingerprint density at radius 1 is 1.13 bits per heavy atom. The van der Waals surface area contributed by atoms with E-state index in [2.05, 4.69) is 59.8 Å². The molecule has 0 aromatic heterocycles. The quantitative estimate of drug-likeness (QED) is 0.315. The summed E-state index contributed by atoms with van der Waals surface area (Å²) in [6.07, 6.45) is 0. The molecule has 1 fully saturated rings. The maximum Gasteiger partial charge on any atom is 0.238 e. The zero-order valence-corrected chi connectivity index (χ0v) is 20.8. The normalized spacial score (nSPS) is 15.9. The summed E-state index contributed by atoms with van der Waals surface area (Å²) in [5.41, 5.74) is 4.14. The van der Waals surface area contributed by atoms with Gasteiger partial charge in [-0.3, -0.25) is 9.69 Å². The minimum atomic E-state index is -0.137. The Balaban J connectivity index is 1.61. The second-order valence-electron chi connectivity index (χ2n) is 7.21. The van der Waals surface area contributed by atoms with Crippen LogP contribution in [0.3, 0.4) is 0 Å². The van der Waals surface area contributed by atoms with Gasteiger partial charge in [-0.25, -0.2) is 0 Å². The number of thioether (sulfide) groups is 1. The Hall–Kier alpha value is -1.90. The Kier molecular flexibility index (Phi) is 6.99. The highest BCUT2D eigenvalue weighted by Gasteiger charge is 2.35. The van der Waals surface area contributed by atoms with Crippen LogP contribution in [0.5, 0.6) is 11.5 Å². The van der Waals surface area contributed by atoms with Crippen molar-refractivity contribution >= 4 is 57.5 Å². The van der Waals surface area contributed by atoms with E-state index in [1.165, 1.54) is 5.56 Å². The number of methoxy groups -OCH3 is 1. The molecule has 1 atom stereocenters. The molecule has 0 aliphatic carbocycles. The van der Waals surface area contributed by atoms with Crippen LogP contribution < -0.4 is 14.4 Å². The molecule has 1 amide bonds. The number of rotatable bonds is 6. The molecule has 31 heavy (non-hydrogen) atoms. The van der Waals surface area contributed by atoms with E-state index in [4.69, 9.17) is 21.1 Å². The van der Waals surface area contributed by atoms with E-state index in [9.17, 15) is 4.79 Å². The van der Waals surface area contributed by atoms with Gasteiger partial charge in [0.05, 0.1) is 16.4 Å². The number of hydrogen-bond acceptors (Lipinski definition) is 4. The van der Waals surface area contributed by atoms with Gasteiger partial charge in [0.1, 0.15) is 12.0 Å². The molecule has 160 valence electrons. The molecule has 1 aliphatic rings. The van der Waals surface area contributed by atoms with Crippen molar-refractivity contribution in [1.82, 2.24) is 0 Å². The summed E-state index contributed by atoms with van der Waals surface area (Å²) in [6, 6.07) is 19.7. The highest BCUT2D eigenvalue weighted by molar-refractivity contribution is 14.1. The van der Waals surface area contributed by atoms with Crippen LogP contribution in [0.25, 0.3) is 0 Å². The Bertz CT molecular complexity index is 1090. The average molecular weight is 566 g/mol. The van der Waals surface area contributed by atoms with E-state index in [1.807, 2.05) is 23.1 Å². The van der Waals surface area contributed by atoms with Gasteiger partial charge in [0.25, 0.3) is 0 Å². The van der Waals surface area contributed by atoms with E-state index >= 15 is 0 Å². The van der Waals surface area contributed by atoms with Gasteiger partial charge in [-0.2, -0.15) is 0 Å². The number of nitrogens with zero attached hydrogens (tertiary/aromatic N) is 1. The number of aryl methyl sites for hydroxylation is 1. The van der Waals surface area contributed by atoms with Crippen molar-refractivity contribution in [3.8, 4) is 11.5 Å². The maximum atomic E-state index is 12.6. The fourth-order valence-electron chi connectivity index (χ4n) is 3.41. The fourth-order valence-corrected chi connectivity index (χ4v) is 5.48. The van der Waals surface area contributed by atoms with Gasteiger partial charge >= 0.3 is 0 Å². The third-order valence-corrected chi connectivity index (χ3v) is 7.28. The second kappa shape index (κ2) is 9.71. The lowest BCUT2D eigenvalue weighted by Gasteiger charge is -2.25. The van der Waals surface area contributed by atoms with Gasteiger partial charge in [0.15, 0.2) is 11.5 Å². The molecule has 1 aliphatic heterocycles. The molecule has 0 unspecified atom stereocenters. The molecule has 3 aromatic rings. The van der Waals surface area contributed by atoms with Crippen LogP contribution in [-0.4, -0.2) is 18.8 Å². The predicted molar refractivity (Wildman–Crippen MR) is 135 cm³/mol. The number of halogens is 2. The van der Waals surface area contributed by atoms with Crippen molar-refractivity contribution < 1.29 is 14.3 Å². The maximum absolute atomic E-state index is 12.6. The molecule has 1 saturated heterocycles. The smallest absolute Gasteiger partial charge is 0.238 e. The number of carbonyl (C=O) groups is 1. The third kappa shape index (κ3) is 4.96. The highest BCUT2D eigenvalue weighted by Crippen LogP contribution is 2.45. The summed E-state index contributed by atoms with van der Waals surface area (Å²) < 4.78 is 12.7. The fraction of sp³-hybridized carbons (Fsp3) is 0.208. The largest absolute Gasteiger partial charge is 0.493 e. The van der Waals surface area contributed by atoms with E-state index in [0.717, 1.165) is 20.4 Å². The molecule has 0 bridgehead atoms. The summed E-state index contributed by atoms with van der Waals surface area (Å²) in [7, 11) is 1.64. The molecule has 0 radical (unpaired) electrons. The standard InChI is InChI=1S/C24H21ClINO3S/c1-15-3-5-16(6-4-15)13-30-23-20(26)11-17(12-21(23)29-2)24-27(22(28)14-31-24)19-9-7-18(25)8-10-19/h3-12,24H,13-14H2,1-2H3/t24-/m0/s1. The van der Waals surface area contributed by atoms with Crippen LogP contribution >= 0.6 is 46.0 Å². The van der Waals surface area contributed by atoms with Crippen LogP contribution in [0.1, 0.15) is 22.1 Å². The molecule has 1 heterocycles. The van der Waals surface area contributed by atoms with Gasteiger partial charge in [-0.1, -0.05) is 41.4 Å². The van der Waals surface area contributed by atoms with Gasteiger partial charge < -0.3 is 9.47 Å². The van der Waals surface area contributed by atoms with Crippen LogP contribution in [0.15, 0.2) is 60.7 Å². The average Bonchev–Trinajstić information content (AvgIpc) is 3.15. The molecule has 0 saturated carbocycles. The van der Waals surface area contributed by atoms with E-state index in [0.29, 0.717) is 28.9 Å². The first-order valence-electron chi connectivity index (χ1n) is 9.71. The van der Waals surface area contributed by atoms with Crippen molar-refractivity contribution in [2.75, 3.05) is 17.8 Å². The van der Waals surface area contributed by atoms with Crippen molar-refractivity contribution in [1.29, 1.82) is 0 Å². The lowest BCUT2D eigenvalue weighted by atomic mass is 10.1. The Labute approximate surface area is 205 Å². The Morgan fingerprint density at radius 3 is 2.52 bits per heavy atom. The third-order valence-electron chi connectivity index (χ3n) is 5.01. The topological polar surface area (TPSA) is 38.8 Å². The zero-order valence-electron chi connectivity index (χ0n) is 17.1.